The molecule has 1 aliphatic rings. The van der Waals surface area contributed by atoms with Crippen molar-refractivity contribution in [3.63, 3.8) is 0 Å². The fourth-order valence-corrected chi connectivity index (χ4v) is 2.93. The van der Waals surface area contributed by atoms with Gasteiger partial charge in [0.25, 0.3) is 0 Å². The van der Waals surface area contributed by atoms with E-state index < -0.39 is 0 Å². The van der Waals surface area contributed by atoms with Crippen LogP contribution in [0, 0.1) is 5.92 Å². The van der Waals surface area contributed by atoms with Gasteiger partial charge in [0.05, 0.1) is 17.7 Å². The van der Waals surface area contributed by atoms with Crippen molar-refractivity contribution in [3.05, 3.63) is 28.8 Å². The summed E-state index contributed by atoms with van der Waals surface area (Å²) in [4.78, 5) is 25.2. The lowest BCUT2D eigenvalue weighted by Crippen LogP contribution is -2.42. The van der Waals surface area contributed by atoms with Gasteiger partial charge in [0, 0.05) is 17.8 Å². The lowest BCUT2D eigenvalue weighted by molar-refractivity contribution is 0.101. The fourth-order valence-electron chi connectivity index (χ4n) is 2.61. The highest BCUT2D eigenvalue weighted by Gasteiger charge is 2.33. The molecule has 2 unspecified atom stereocenters. The van der Waals surface area contributed by atoms with E-state index >= 15 is 0 Å². The van der Waals surface area contributed by atoms with Crippen LogP contribution in [0.1, 0.15) is 30.6 Å². The van der Waals surface area contributed by atoms with Crippen LogP contribution >= 0.6 is 11.6 Å². The van der Waals surface area contributed by atoms with Crippen molar-refractivity contribution in [3.8, 4) is 0 Å². The highest BCUT2D eigenvalue weighted by atomic mass is 35.5. The van der Waals surface area contributed by atoms with Gasteiger partial charge >= 0.3 is 6.03 Å². The number of ketones is 1. The van der Waals surface area contributed by atoms with E-state index in [2.05, 4.69) is 5.32 Å². The van der Waals surface area contributed by atoms with Crippen molar-refractivity contribution in [2.75, 3.05) is 18.5 Å². The fraction of sp³-hybridized carbons (Fsp3) is 0.467. The Kier molecular flexibility index (Phi) is 4.85. The molecule has 21 heavy (non-hydrogen) atoms. The highest BCUT2D eigenvalue weighted by Crippen LogP contribution is 2.26. The first-order valence-electron chi connectivity index (χ1n) is 6.93. The molecule has 2 rings (SSSR count). The molecule has 0 saturated carbocycles. The largest absolute Gasteiger partial charge is 0.394 e. The first-order valence-corrected chi connectivity index (χ1v) is 7.30. The minimum Gasteiger partial charge on any atom is -0.394 e. The molecule has 1 heterocycles. The zero-order chi connectivity index (χ0) is 15.6. The number of nitrogens with zero attached hydrogens (tertiary/aromatic N) is 1. The van der Waals surface area contributed by atoms with Crippen LogP contribution in [0.4, 0.5) is 10.5 Å². The van der Waals surface area contributed by atoms with Gasteiger partial charge in [-0.1, -0.05) is 18.5 Å². The summed E-state index contributed by atoms with van der Waals surface area (Å²) in [6.07, 6.45) is 0.878. The first-order chi connectivity index (χ1) is 9.93. The van der Waals surface area contributed by atoms with E-state index in [9.17, 15) is 14.7 Å². The van der Waals surface area contributed by atoms with E-state index in [4.69, 9.17) is 11.6 Å². The number of likely N-dealkylation sites (tertiary alicyclic amines) is 1. The summed E-state index contributed by atoms with van der Waals surface area (Å²) in [5, 5.41) is 12.5. The highest BCUT2D eigenvalue weighted by molar-refractivity contribution is 6.34. The van der Waals surface area contributed by atoms with E-state index in [1.165, 1.54) is 6.92 Å². The summed E-state index contributed by atoms with van der Waals surface area (Å²) in [7, 11) is 0. The Morgan fingerprint density at radius 3 is 2.76 bits per heavy atom. The van der Waals surface area contributed by atoms with Gasteiger partial charge in [-0.2, -0.15) is 0 Å². The minimum absolute atomic E-state index is 0.0430. The molecule has 0 radical (unpaired) electrons. The molecule has 114 valence electrons. The number of hydrogen-bond donors (Lipinski definition) is 2. The second-order valence-electron chi connectivity index (χ2n) is 5.39. The standard InChI is InChI=1S/C15H19ClN2O3/c1-9-5-6-18(14(9)8-19)15(21)17-11-3-4-12(10(2)20)13(16)7-11/h3-4,7,9,14,19H,5-6,8H2,1-2H3,(H,17,21). The second kappa shape index (κ2) is 6.45. The minimum atomic E-state index is -0.259. The van der Waals surface area contributed by atoms with Gasteiger partial charge in [0.15, 0.2) is 5.78 Å². The third-order valence-corrected chi connectivity index (χ3v) is 4.24. The van der Waals surface area contributed by atoms with Gasteiger partial charge in [-0.05, 0) is 37.5 Å². The molecular formula is C15H19ClN2O3. The Hall–Kier alpha value is -1.59. The maximum Gasteiger partial charge on any atom is 0.322 e. The quantitative estimate of drug-likeness (QED) is 0.843. The molecule has 1 aromatic carbocycles. The van der Waals surface area contributed by atoms with Crippen molar-refractivity contribution in [1.82, 2.24) is 4.90 Å². The lowest BCUT2D eigenvalue weighted by Gasteiger charge is -2.25. The van der Waals surface area contributed by atoms with Gasteiger partial charge in [0.1, 0.15) is 0 Å². The summed E-state index contributed by atoms with van der Waals surface area (Å²) in [6.45, 7) is 4.04. The summed E-state index contributed by atoms with van der Waals surface area (Å²) in [5.41, 5.74) is 0.962. The molecule has 0 aromatic heterocycles. The van der Waals surface area contributed by atoms with E-state index in [0.29, 0.717) is 22.8 Å². The molecule has 1 aromatic rings. The number of aliphatic hydroxyl groups excluding tert-OH is 1. The third kappa shape index (κ3) is 3.36. The lowest BCUT2D eigenvalue weighted by atomic mass is 10.0. The first kappa shape index (κ1) is 15.8. The van der Waals surface area contributed by atoms with Crippen molar-refractivity contribution in [2.45, 2.75) is 26.3 Å². The Bertz CT molecular complexity index is 562. The molecule has 1 fully saturated rings. The number of rotatable bonds is 3. The topological polar surface area (TPSA) is 69.6 Å². The monoisotopic (exact) mass is 310 g/mol. The molecule has 1 saturated heterocycles. The van der Waals surface area contributed by atoms with Crippen LogP contribution in [0.15, 0.2) is 18.2 Å². The average Bonchev–Trinajstić information content (AvgIpc) is 2.79. The molecule has 2 amide bonds. The van der Waals surface area contributed by atoms with Crippen LogP contribution in [-0.4, -0.2) is 41.0 Å². The Morgan fingerprint density at radius 2 is 2.19 bits per heavy atom. The second-order valence-corrected chi connectivity index (χ2v) is 5.80. The summed E-state index contributed by atoms with van der Waals surface area (Å²) < 4.78 is 0. The van der Waals surface area contributed by atoms with Gasteiger partial charge in [0.2, 0.25) is 0 Å². The van der Waals surface area contributed by atoms with Gasteiger partial charge in [-0.15, -0.1) is 0 Å². The molecule has 0 bridgehead atoms. The van der Waals surface area contributed by atoms with E-state index in [0.717, 1.165) is 6.42 Å². The zero-order valence-corrected chi connectivity index (χ0v) is 12.9. The number of benzene rings is 1. The number of hydrogen-bond acceptors (Lipinski definition) is 3. The number of halogens is 1. The zero-order valence-electron chi connectivity index (χ0n) is 12.1. The van der Waals surface area contributed by atoms with Crippen LogP contribution in [0.25, 0.3) is 0 Å². The number of urea groups is 1. The molecule has 2 atom stereocenters. The van der Waals surface area contributed by atoms with E-state index in [1.54, 1.807) is 23.1 Å². The van der Waals surface area contributed by atoms with Crippen molar-refractivity contribution >= 4 is 29.1 Å². The predicted octanol–water partition coefficient (Wildman–Crippen LogP) is 2.78. The molecule has 0 aliphatic carbocycles. The van der Waals surface area contributed by atoms with Crippen molar-refractivity contribution in [2.24, 2.45) is 5.92 Å². The van der Waals surface area contributed by atoms with Crippen LogP contribution in [0.2, 0.25) is 5.02 Å². The molecule has 5 nitrogen and oxygen atoms in total. The van der Waals surface area contributed by atoms with Crippen LogP contribution in [0.5, 0.6) is 0 Å². The molecule has 1 aliphatic heterocycles. The average molecular weight is 311 g/mol. The molecular weight excluding hydrogens is 292 g/mol. The molecule has 0 spiro atoms. The van der Waals surface area contributed by atoms with E-state index in [1.807, 2.05) is 6.92 Å². The molecule has 2 N–H and O–H groups in total. The summed E-state index contributed by atoms with van der Waals surface area (Å²) in [5.74, 6) is 0.163. The Labute approximate surface area is 128 Å². The smallest absolute Gasteiger partial charge is 0.322 e. The Balaban J connectivity index is 2.10. The number of anilines is 1. The summed E-state index contributed by atoms with van der Waals surface area (Å²) >= 11 is 6.02. The molecule has 6 heteroatoms. The SMILES string of the molecule is CC(=O)c1ccc(NC(=O)N2CCC(C)C2CO)cc1Cl. The number of Topliss-reactive ketones (excluding diaryl/α,β-unsaturated/α-hetero) is 1. The maximum absolute atomic E-state index is 12.3. The number of amides is 2. The Morgan fingerprint density at radius 1 is 1.48 bits per heavy atom. The van der Waals surface area contributed by atoms with E-state index in [-0.39, 0.29) is 30.4 Å². The van der Waals surface area contributed by atoms with Gasteiger partial charge in [-0.3, -0.25) is 4.79 Å². The summed E-state index contributed by atoms with van der Waals surface area (Å²) in [6, 6.07) is 4.38. The van der Waals surface area contributed by atoms with Crippen molar-refractivity contribution in [1.29, 1.82) is 0 Å². The maximum atomic E-state index is 12.3. The number of carbonyl (C=O) groups is 2. The van der Waals surface area contributed by atoms with Gasteiger partial charge < -0.3 is 15.3 Å². The normalized spacial score (nSPS) is 21.4. The third-order valence-electron chi connectivity index (χ3n) is 3.93. The van der Waals surface area contributed by atoms with Crippen molar-refractivity contribution < 1.29 is 14.7 Å². The number of nitrogens with one attached hydrogen (secondary N) is 1. The van der Waals surface area contributed by atoms with Gasteiger partial charge in [-0.25, -0.2) is 4.79 Å². The van der Waals surface area contributed by atoms with Crippen LogP contribution in [0.3, 0.4) is 0 Å². The number of carbonyl (C=O) groups excluding carboxylic acids is 2. The van der Waals surface area contributed by atoms with Crippen LogP contribution < -0.4 is 5.32 Å². The predicted molar refractivity (Wildman–Crippen MR) is 81.8 cm³/mol. The van der Waals surface area contributed by atoms with Crippen LogP contribution in [-0.2, 0) is 0 Å². The number of aliphatic hydroxyl groups is 1.